The van der Waals surface area contributed by atoms with Crippen LogP contribution in [0.1, 0.15) is 19.4 Å². The number of cyclic esters (lactones) is 2. The van der Waals surface area contributed by atoms with Gasteiger partial charge in [-0.2, -0.15) is 11.3 Å². The second-order valence-electron chi connectivity index (χ2n) is 3.67. The Balaban J connectivity index is 2.51. The zero-order valence-electron chi connectivity index (χ0n) is 8.94. The van der Waals surface area contributed by atoms with E-state index in [1.165, 1.54) is 11.3 Å². The van der Waals surface area contributed by atoms with E-state index in [2.05, 4.69) is 4.74 Å². The molecule has 0 atom stereocenters. The van der Waals surface area contributed by atoms with Crippen LogP contribution in [0.5, 0.6) is 0 Å². The minimum atomic E-state index is -0.563. The average Bonchev–Trinajstić information content (AvgIpc) is 2.76. The zero-order chi connectivity index (χ0) is 11.7. The summed E-state index contributed by atoms with van der Waals surface area (Å²) in [6, 6.07) is 1.89. The minimum Gasteiger partial charge on any atom is -0.386 e. The van der Waals surface area contributed by atoms with Crippen LogP contribution < -0.4 is 0 Å². The van der Waals surface area contributed by atoms with Gasteiger partial charge >= 0.3 is 11.9 Å². The predicted molar refractivity (Wildman–Crippen MR) is 61.8 cm³/mol. The number of esters is 2. The number of rotatable bonds is 1. The monoisotopic (exact) mass is 234 g/mol. The van der Waals surface area contributed by atoms with Crippen LogP contribution in [-0.2, 0) is 14.3 Å². The first-order valence-corrected chi connectivity index (χ1v) is 5.72. The van der Waals surface area contributed by atoms with E-state index in [0.29, 0.717) is 11.1 Å². The third-order valence-electron chi connectivity index (χ3n) is 2.23. The molecule has 1 fully saturated rings. The largest absolute Gasteiger partial charge is 0.386 e. The fourth-order valence-corrected chi connectivity index (χ4v) is 2.15. The van der Waals surface area contributed by atoms with Crippen molar-refractivity contribution in [3.63, 3.8) is 0 Å². The van der Waals surface area contributed by atoms with E-state index in [1.807, 2.05) is 16.8 Å². The summed E-state index contributed by atoms with van der Waals surface area (Å²) in [5, 5.41) is 3.82. The van der Waals surface area contributed by atoms with Gasteiger partial charge in [0.2, 0.25) is 0 Å². The van der Waals surface area contributed by atoms with Gasteiger partial charge in [-0.25, -0.2) is 9.59 Å². The highest BCUT2D eigenvalue weighted by atomic mass is 32.1. The summed E-state index contributed by atoms with van der Waals surface area (Å²) in [6.07, 6.45) is 1.69. The topological polar surface area (TPSA) is 43.4 Å². The lowest BCUT2D eigenvalue weighted by Crippen LogP contribution is -1.97. The maximum Gasteiger partial charge on any atom is 0.346 e. The Bertz CT molecular complexity index is 502. The molecule has 82 valence electrons. The van der Waals surface area contributed by atoms with Crippen LogP contribution in [0.25, 0.3) is 6.08 Å². The van der Waals surface area contributed by atoms with Gasteiger partial charge in [0, 0.05) is 0 Å². The highest BCUT2D eigenvalue weighted by Crippen LogP contribution is 2.27. The molecule has 0 aromatic carbocycles. The summed E-state index contributed by atoms with van der Waals surface area (Å²) in [4.78, 5) is 22.9. The van der Waals surface area contributed by atoms with Gasteiger partial charge in [0.15, 0.2) is 0 Å². The number of thiophene rings is 1. The van der Waals surface area contributed by atoms with E-state index in [4.69, 9.17) is 0 Å². The van der Waals surface area contributed by atoms with Crippen molar-refractivity contribution in [3.05, 3.63) is 39.1 Å². The molecule has 1 aromatic heterocycles. The van der Waals surface area contributed by atoms with Gasteiger partial charge in [0.05, 0.1) is 11.1 Å². The molecule has 4 heteroatoms. The fourth-order valence-electron chi connectivity index (χ4n) is 1.53. The Kier molecular flexibility index (Phi) is 2.75. The van der Waals surface area contributed by atoms with Crippen molar-refractivity contribution in [2.24, 2.45) is 0 Å². The molecule has 2 rings (SSSR count). The average molecular weight is 234 g/mol. The lowest BCUT2D eigenvalue weighted by Gasteiger charge is -1.96. The van der Waals surface area contributed by atoms with Crippen molar-refractivity contribution in [3.8, 4) is 0 Å². The molecule has 1 saturated heterocycles. The summed E-state index contributed by atoms with van der Waals surface area (Å²) in [6.45, 7) is 3.58. The molecule has 0 amide bonds. The van der Waals surface area contributed by atoms with Crippen molar-refractivity contribution in [2.75, 3.05) is 0 Å². The van der Waals surface area contributed by atoms with Crippen molar-refractivity contribution in [2.45, 2.75) is 13.8 Å². The van der Waals surface area contributed by atoms with E-state index in [9.17, 15) is 9.59 Å². The number of hydrogen-bond acceptors (Lipinski definition) is 4. The predicted octanol–water partition coefficient (Wildman–Crippen LogP) is 2.55. The molecule has 0 aliphatic carbocycles. The highest BCUT2D eigenvalue weighted by molar-refractivity contribution is 7.08. The van der Waals surface area contributed by atoms with Crippen LogP contribution in [0.15, 0.2) is 33.5 Å². The van der Waals surface area contributed by atoms with Crippen molar-refractivity contribution >= 4 is 29.4 Å². The number of ether oxygens (including phenoxy) is 1. The van der Waals surface area contributed by atoms with Gasteiger partial charge in [-0.15, -0.1) is 0 Å². The summed E-state index contributed by atoms with van der Waals surface area (Å²) in [5.41, 5.74) is 2.43. The van der Waals surface area contributed by atoms with E-state index in [-0.39, 0.29) is 0 Å². The number of hydrogen-bond donors (Lipinski definition) is 0. The van der Waals surface area contributed by atoms with Crippen LogP contribution >= 0.6 is 11.3 Å². The normalized spacial score (nSPS) is 18.1. The molecule has 1 aliphatic heterocycles. The first kappa shape index (κ1) is 10.8. The quantitative estimate of drug-likeness (QED) is 0.426. The second-order valence-corrected chi connectivity index (χ2v) is 4.45. The van der Waals surface area contributed by atoms with E-state index in [1.54, 1.807) is 19.9 Å². The first-order valence-electron chi connectivity index (χ1n) is 4.78. The Morgan fingerprint density at radius 3 is 2.62 bits per heavy atom. The molecular weight excluding hydrogens is 224 g/mol. The van der Waals surface area contributed by atoms with Crippen LogP contribution in [0, 0.1) is 0 Å². The third kappa shape index (κ3) is 1.84. The van der Waals surface area contributed by atoms with Crippen molar-refractivity contribution in [1.29, 1.82) is 0 Å². The Hall–Kier alpha value is -1.68. The van der Waals surface area contributed by atoms with E-state index < -0.39 is 11.9 Å². The molecular formula is C12H10O3S. The first-order chi connectivity index (χ1) is 7.59. The van der Waals surface area contributed by atoms with Crippen LogP contribution in [0.4, 0.5) is 0 Å². The van der Waals surface area contributed by atoms with Crippen LogP contribution in [-0.4, -0.2) is 11.9 Å². The highest BCUT2D eigenvalue weighted by Gasteiger charge is 2.34. The molecule has 3 nitrogen and oxygen atoms in total. The molecule has 16 heavy (non-hydrogen) atoms. The van der Waals surface area contributed by atoms with Gasteiger partial charge in [-0.05, 0) is 42.3 Å². The zero-order valence-corrected chi connectivity index (χ0v) is 9.76. The summed E-state index contributed by atoms with van der Waals surface area (Å²) in [7, 11) is 0. The SMILES string of the molecule is CC(C)=C1C(=O)OC(=O)/C1=C\c1ccsc1. The molecule has 1 aliphatic rings. The Morgan fingerprint density at radius 2 is 2.06 bits per heavy atom. The number of carbonyl (C=O) groups excluding carboxylic acids is 2. The van der Waals surface area contributed by atoms with E-state index in [0.717, 1.165) is 11.1 Å². The molecule has 0 unspecified atom stereocenters. The van der Waals surface area contributed by atoms with E-state index >= 15 is 0 Å². The Labute approximate surface area is 97.0 Å². The number of carbonyl (C=O) groups is 2. The minimum absolute atomic E-state index is 0.350. The summed E-state index contributed by atoms with van der Waals surface area (Å²) < 4.78 is 4.60. The van der Waals surface area contributed by atoms with Gasteiger partial charge < -0.3 is 4.74 Å². The molecule has 0 saturated carbocycles. The van der Waals surface area contributed by atoms with Gasteiger partial charge in [-0.1, -0.05) is 5.57 Å². The summed E-state index contributed by atoms with van der Waals surface area (Å²) in [5.74, 6) is -1.11. The lowest BCUT2D eigenvalue weighted by atomic mass is 10.0. The second kappa shape index (κ2) is 4.06. The van der Waals surface area contributed by atoms with Crippen LogP contribution in [0.2, 0.25) is 0 Å². The van der Waals surface area contributed by atoms with Crippen molar-refractivity contribution in [1.82, 2.24) is 0 Å². The maximum absolute atomic E-state index is 11.5. The smallest absolute Gasteiger partial charge is 0.346 e. The third-order valence-corrected chi connectivity index (χ3v) is 2.93. The van der Waals surface area contributed by atoms with Gasteiger partial charge in [0.1, 0.15) is 0 Å². The van der Waals surface area contributed by atoms with Crippen molar-refractivity contribution < 1.29 is 14.3 Å². The fraction of sp³-hybridized carbons (Fsp3) is 0.167. The Morgan fingerprint density at radius 1 is 1.31 bits per heavy atom. The number of allylic oxidation sites excluding steroid dienone is 1. The van der Waals surface area contributed by atoms with Gasteiger partial charge in [-0.3, -0.25) is 0 Å². The lowest BCUT2D eigenvalue weighted by molar-refractivity contribution is -0.149. The molecule has 0 spiro atoms. The molecule has 0 bridgehead atoms. The molecule has 2 heterocycles. The van der Waals surface area contributed by atoms with Gasteiger partial charge in [0.25, 0.3) is 0 Å². The maximum atomic E-state index is 11.5. The molecule has 0 N–H and O–H groups in total. The standard InChI is InChI=1S/C12H10O3S/c1-7(2)10-9(11(13)15-12(10)14)5-8-3-4-16-6-8/h3-6H,1-2H3/b9-5-. The molecule has 0 radical (unpaired) electrons. The molecule has 1 aromatic rings. The summed E-state index contributed by atoms with van der Waals surface area (Å²) >= 11 is 1.54. The van der Waals surface area contributed by atoms with Crippen LogP contribution in [0.3, 0.4) is 0 Å².